The van der Waals surface area contributed by atoms with E-state index in [1.807, 2.05) is 0 Å². The summed E-state index contributed by atoms with van der Waals surface area (Å²) in [4.78, 5) is 9.35. The van der Waals surface area contributed by atoms with Crippen molar-refractivity contribution in [3.63, 3.8) is 0 Å². The summed E-state index contributed by atoms with van der Waals surface area (Å²) in [6.45, 7) is 2.09. The predicted molar refractivity (Wildman–Crippen MR) is 33.4 cm³/mol. The molecule has 0 amide bonds. The van der Waals surface area contributed by atoms with Gasteiger partial charge in [-0.25, -0.2) is 0 Å². The predicted octanol–water partition coefficient (Wildman–Crippen LogP) is 1.43. The molecule has 0 aromatic rings. The number of rotatable bonds is 2. The Bertz CT molecular complexity index is 153. The first-order chi connectivity index (χ1) is 4.20. The molecule has 3 nitrogen and oxygen atoms in total. The molecule has 2 atom stereocenters. The van der Waals surface area contributed by atoms with E-state index in [1.54, 1.807) is 6.08 Å². The molecule has 0 aromatic heterocycles. The Kier molecular flexibility index (Phi) is 1.51. The van der Waals surface area contributed by atoms with Gasteiger partial charge in [0.2, 0.25) is 6.20 Å². The lowest BCUT2D eigenvalue weighted by atomic mass is 10.3. The zero-order valence-electron chi connectivity index (χ0n) is 5.28. The van der Waals surface area contributed by atoms with Crippen LogP contribution in [0.5, 0.6) is 0 Å². The Morgan fingerprint density at radius 3 is 2.67 bits per heavy atom. The molecule has 0 saturated heterocycles. The quantitative estimate of drug-likeness (QED) is 0.416. The van der Waals surface area contributed by atoms with Gasteiger partial charge in [0.15, 0.2) is 0 Å². The highest BCUT2D eigenvalue weighted by molar-refractivity contribution is 4.97. The molecule has 50 valence electrons. The highest BCUT2D eigenvalue weighted by atomic mass is 16.6. The van der Waals surface area contributed by atoms with Gasteiger partial charge in [-0.05, 0) is 24.3 Å². The SMILES string of the molecule is CC1CC1/C=C/[N+](=O)[O-]. The molecule has 0 aliphatic heterocycles. The second-order valence-electron chi connectivity index (χ2n) is 2.50. The minimum absolute atomic E-state index is 0.412. The zero-order valence-corrected chi connectivity index (χ0v) is 5.28. The van der Waals surface area contributed by atoms with Crippen molar-refractivity contribution in [1.82, 2.24) is 0 Å². The van der Waals surface area contributed by atoms with Gasteiger partial charge in [0.25, 0.3) is 0 Å². The van der Waals surface area contributed by atoms with Crippen LogP contribution >= 0.6 is 0 Å². The van der Waals surface area contributed by atoms with E-state index in [-0.39, 0.29) is 0 Å². The van der Waals surface area contributed by atoms with Gasteiger partial charge in [-0.1, -0.05) is 6.92 Å². The molecule has 0 N–H and O–H groups in total. The van der Waals surface area contributed by atoms with E-state index in [4.69, 9.17) is 0 Å². The van der Waals surface area contributed by atoms with Gasteiger partial charge in [0.1, 0.15) is 0 Å². The summed E-state index contributed by atoms with van der Waals surface area (Å²) in [6, 6.07) is 0. The Hall–Kier alpha value is -0.860. The van der Waals surface area contributed by atoms with Crippen LogP contribution in [-0.2, 0) is 0 Å². The fraction of sp³-hybridized carbons (Fsp3) is 0.667. The molecule has 0 aromatic carbocycles. The fourth-order valence-electron chi connectivity index (χ4n) is 0.800. The first-order valence-electron chi connectivity index (χ1n) is 3.02. The molecule has 0 heterocycles. The zero-order chi connectivity index (χ0) is 6.85. The van der Waals surface area contributed by atoms with Crippen LogP contribution in [0.15, 0.2) is 12.3 Å². The summed E-state index contributed by atoms with van der Waals surface area (Å²) in [5, 5.41) is 9.76. The Morgan fingerprint density at radius 2 is 2.33 bits per heavy atom. The van der Waals surface area contributed by atoms with Gasteiger partial charge in [-0.3, -0.25) is 10.1 Å². The lowest BCUT2D eigenvalue weighted by Gasteiger charge is -1.77. The van der Waals surface area contributed by atoms with E-state index in [9.17, 15) is 10.1 Å². The molecule has 0 radical (unpaired) electrons. The standard InChI is InChI=1S/C6H9NO2/c1-5-4-6(5)2-3-7(8)9/h2-3,5-6H,4H2,1H3/b3-2+. The largest absolute Gasteiger partial charge is 0.259 e. The molecular formula is C6H9NO2. The first kappa shape index (κ1) is 6.26. The monoisotopic (exact) mass is 127 g/mol. The molecule has 1 saturated carbocycles. The van der Waals surface area contributed by atoms with Crippen LogP contribution in [0.4, 0.5) is 0 Å². The fourth-order valence-corrected chi connectivity index (χ4v) is 0.800. The summed E-state index contributed by atoms with van der Waals surface area (Å²) in [5.41, 5.74) is 0. The second kappa shape index (κ2) is 2.17. The van der Waals surface area contributed by atoms with Crippen LogP contribution in [0.1, 0.15) is 13.3 Å². The van der Waals surface area contributed by atoms with E-state index in [0.717, 1.165) is 12.6 Å². The Morgan fingerprint density at radius 1 is 1.78 bits per heavy atom. The van der Waals surface area contributed by atoms with Gasteiger partial charge in [-0.2, -0.15) is 0 Å². The number of nitro groups is 1. The third-order valence-electron chi connectivity index (χ3n) is 1.63. The van der Waals surface area contributed by atoms with Crippen LogP contribution in [0, 0.1) is 22.0 Å². The summed E-state index contributed by atoms with van der Waals surface area (Å²) in [6.07, 6.45) is 3.82. The van der Waals surface area contributed by atoms with Crippen molar-refractivity contribution >= 4 is 0 Å². The van der Waals surface area contributed by atoms with Crippen LogP contribution < -0.4 is 0 Å². The van der Waals surface area contributed by atoms with Crippen LogP contribution in [0.25, 0.3) is 0 Å². The van der Waals surface area contributed by atoms with E-state index in [1.165, 1.54) is 0 Å². The van der Waals surface area contributed by atoms with Crippen LogP contribution in [0.2, 0.25) is 0 Å². The molecule has 2 unspecified atom stereocenters. The van der Waals surface area contributed by atoms with Crippen molar-refractivity contribution in [3.05, 3.63) is 22.4 Å². The van der Waals surface area contributed by atoms with E-state index >= 15 is 0 Å². The van der Waals surface area contributed by atoms with Crippen molar-refractivity contribution in [3.8, 4) is 0 Å². The highest BCUT2D eigenvalue weighted by Gasteiger charge is 2.30. The number of allylic oxidation sites excluding steroid dienone is 1. The van der Waals surface area contributed by atoms with E-state index in [2.05, 4.69) is 6.92 Å². The normalized spacial score (nSPS) is 33.0. The second-order valence-corrected chi connectivity index (χ2v) is 2.50. The molecule has 0 bridgehead atoms. The molecule has 1 aliphatic rings. The van der Waals surface area contributed by atoms with Crippen LogP contribution in [0.3, 0.4) is 0 Å². The summed E-state index contributed by atoms with van der Waals surface area (Å²) in [5.74, 6) is 1.15. The Balaban J connectivity index is 2.25. The Labute approximate surface area is 53.5 Å². The van der Waals surface area contributed by atoms with Crippen LogP contribution in [-0.4, -0.2) is 4.92 Å². The summed E-state index contributed by atoms with van der Waals surface area (Å²) in [7, 11) is 0. The maximum Gasteiger partial charge on any atom is 0.230 e. The number of hydrogen-bond donors (Lipinski definition) is 0. The number of nitrogens with zero attached hydrogens (tertiary/aromatic N) is 1. The van der Waals surface area contributed by atoms with Gasteiger partial charge in [0, 0.05) is 0 Å². The third kappa shape index (κ3) is 1.83. The lowest BCUT2D eigenvalue weighted by Crippen LogP contribution is -1.82. The average Bonchev–Trinajstić information content (AvgIpc) is 2.42. The van der Waals surface area contributed by atoms with Crippen molar-refractivity contribution in [2.75, 3.05) is 0 Å². The molecule has 1 rings (SSSR count). The number of hydrogen-bond acceptors (Lipinski definition) is 2. The van der Waals surface area contributed by atoms with Gasteiger partial charge in [-0.15, -0.1) is 0 Å². The van der Waals surface area contributed by atoms with Crippen molar-refractivity contribution < 1.29 is 4.92 Å². The molecule has 9 heavy (non-hydrogen) atoms. The summed E-state index contributed by atoms with van der Waals surface area (Å²) >= 11 is 0. The third-order valence-corrected chi connectivity index (χ3v) is 1.63. The maximum absolute atomic E-state index is 9.76. The molecule has 0 spiro atoms. The van der Waals surface area contributed by atoms with Crippen molar-refractivity contribution in [2.45, 2.75) is 13.3 Å². The van der Waals surface area contributed by atoms with E-state index in [0.29, 0.717) is 11.8 Å². The summed E-state index contributed by atoms with van der Waals surface area (Å²) < 4.78 is 0. The molecule has 3 heteroatoms. The van der Waals surface area contributed by atoms with Crippen molar-refractivity contribution in [1.29, 1.82) is 0 Å². The smallest absolute Gasteiger partial charge is 0.230 e. The molecular weight excluding hydrogens is 118 g/mol. The highest BCUT2D eigenvalue weighted by Crippen LogP contribution is 2.38. The van der Waals surface area contributed by atoms with Gasteiger partial charge < -0.3 is 0 Å². The maximum atomic E-state index is 9.76. The topological polar surface area (TPSA) is 43.1 Å². The molecule has 1 fully saturated rings. The van der Waals surface area contributed by atoms with Gasteiger partial charge >= 0.3 is 0 Å². The van der Waals surface area contributed by atoms with Gasteiger partial charge in [0.05, 0.1) is 4.92 Å². The molecule has 1 aliphatic carbocycles. The first-order valence-corrected chi connectivity index (χ1v) is 3.02. The average molecular weight is 127 g/mol. The minimum Gasteiger partial charge on any atom is -0.259 e. The van der Waals surface area contributed by atoms with Crippen molar-refractivity contribution in [2.24, 2.45) is 11.8 Å². The van der Waals surface area contributed by atoms with E-state index < -0.39 is 4.92 Å². The minimum atomic E-state index is -0.412. The lowest BCUT2D eigenvalue weighted by molar-refractivity contribution is -0.402.